The van der Waals surface area contributed by atoms with E-state index in [2.05, 4.69) is 25.1 Å². The van der Waals surface area contributed by atoms with Crippen LogP contribution in [0.4, 0.5) is 0 Å². The molecule has 0 aromatic heterocycles. The molecule has 16 heavy (non-hydrogen) atoms. The topological polar surface area (TPSA) is 22.3 Å². The minimum atomic E-state index is -0.0926. The predicted octanol–water partition coefficient (Wildman–Crippen LogP) is 4.00. The third-order valence-corrected chi connectivity index (χ3v) is 3.94. The third-order valence-electron chi connectivity index (χ3n) is 3.61. The highest BCUT2D eigenvalue weighted by atomic mass is 35.5. The summed E-state index contributed by atoms with van der Waals surface area (Å²) < 4.78 is 0. The predicted molar refractivity (Wildman–Crippen MR) is 68.0 cm³/mol. The van der Waals surface area contributed by atoms with Crippen molar-refractivity contribution < 1.29 is 0 Å². The summed E-state index contributed by atoms with van der Waals surface area (Å²) in [5.41, 5.74) is 12.1. The Morgan fingerprint density at radius 1 is 1.25 bits per heavy atom. The lowest BCUT2D eigenvalue weighted by molar-refractivity contribution is 0.388. The summed E-state index contributed by atoms with van der Waals surface area (Å²) in [7, 11) is 0. The van der Waals surface area contributed by atoms with Crippen LogP contribution in [0.15, 0.2) is 18.2 Å². The summed E-state index contributed by atoms with van der Waals surface area (Å²) in [6, 6.07) is 6.34. The Hall–Kier alpha value is -0.530. The Morgan fingerprint density at radius 2 is 1.94 bits per heavy atom. The molecule has 0 N–H and O–H groups in total. The fourth-order valence-corrected chi connectivity index (χ4v) is 2.87. The average molecular weight is 236 g/mol. The van der Waals surface area contributed by atoms with Gasteiger partial charge in [-0.15, -0.1) is 5.73 Å². The summed E-state index contributed by atoms with van der Waals surface area (Å²) in [5, 5.41) is 0.903. The van der Waals surface area contributed by atoms with E-state index in [0.717, 1.165) is 37.1 Å². The fourth-order valence-electron chi connectivity index (χ4n) is 2.51. The number of hydrogen-bond donors (Lipinski definition) is 0. The lowest BCUT2D eigenvalue weighted by atomic mass is 9.82. The van der Waals surface area contributed by atoms with Crippen LogP contribution in [0.25, 0.3) is 0 Å². The van der Waals surface area contributed by atoms with E-state index in [1.165, 1.54) is 11.1 Å². The average Bonchev–Trinajstić information content (AvgIpc) is 2.30. The molecule has 1 aromatic carbocycles. The zero-order chi connectivity index (χ0) is 11.5. The molecular formula is C14H18ClN. The van der Waals surface area contributed by atoms with Gasteiger partial charge in [-0.3, -0.25) is 0 Å². The summed E-state index contributed by atoms with van der Waals surface area (Å²) in [6.07, 6.45) is 4.98. The number of aryl methyl sites for hydroxylation is 1. The quantitative estimate of drug-likeness (QED) is 0.740. The van der Waals surface area contributed by atoms with Gasteiger partial charge in [0.15, 0.2) is 0 Å². The second-order valence-corrected chi connectivity index (χ2v) is 5.12. The zero-order valence-electron chi connectivity index (χ0n) is 9.75. The molecule has 0 atom stereocenters. The first-order valence-corrected chi connectivity index (χ1v) is 6.55. The van der Waals surface area contributed by atoms with E-state index in [9.17, 15) is 5.73 Å². The maximum Gasteiger partial charge on any atom is 0.0443 e. The molecule has 0 unspecified atom stereocenters. The van der Waals surface area contributed by atoms with Crippen molar-refractivity contribution in [2.24, 2.45) is 0 Å². The summed E-state index contributed by atoms with van der Waals surface area (Å²) >= 11 is 6.32. The summed E-state index contributed by atoms with van der Waals surface area (Å²) in [4.78, 5) is 0. The summed E-state index contributed by atoms with van der Waals surface area (Å²) in [5.74, 6) is 0.543. The van der Waals surface area contributed by atoms with E-state index in [4.69, 9.17) is 11.6 Å². The van der Waals surface area contributed by atoms with Gasteiger partial charge in [-0.2, -0.15) is 0 Å². The van der Waals surface area contributed by atoms with Gasteiger partial charge in [-0.25, -0.2) is 0 Å². The van der Waals surface area contributed by atoms with Gasteiger partial charge < -0.3 is 0 Å². The minimum Gasteiger partial charge on any atom is -0.141 e. The van der Waals surface area contributed by atoms with Crippen LogP contribution < -0.4 is 5.73 Å². The van der Waals surface area contributed by atoms with Crippen LogP contribution >= 0.6 is 11.6 Å². The maximum atomic E-state index is 9.49. The van der Waals surface area contributed by atoms with Crippen molar-refractivity contribution >= 4 is 11.6 Å². The van der Waals surface area contributed by atoms with Gasteiger partial charge in [0.25, 0.3) is 0 Å². The van der Waals surface area contributed by atoms with Crippen LogP contribution in [-0.2, 0) is 6.42 Å². The minimum absolute atomic E-state index is 0.0926. The standard InChI is InChI=1S/C14H18ClN/c1-2-10-3-8-13(14(15)9-10)11-4-6-12(16)7-5-11/h3,8-9,11-12H,2,4-7H2,1H3. The highest BCUT2D eigenvalue weighted by Crippen LogP contribution is 2.36. The summed E-state index contributed by atoms with van der Waals surface area (Å²) in [6.45, 7) is 2.14. The Morgan fingerprint density at radius 3 is 2.50 bits per heavy atom. The van der Waals surface area contributed by atoms with Gasteiger partial charge in [-0.05, 0) is 55.2 Å². The van der Waals surface area contributed by atoms with Crippen LogP contribution in [0.3, 0.4) is 0 Å². The molecule has 1 saturated carbocycles. The molecular weight excluding hydrogens is 218 g/mol. The molecule has 1 nitrogen and oxygen atoms in total. The molecule has 2 radical (unpaired) electrons. The maximum absolute atomic E-state index is 9.49. The van der Waals surface area contributed by atoms with Crippen molar-refractivity contribution in [1.29, 1.82) is 0 Å². The van der Waals surface area contributed by atoms with E-state index in [1.54, 1.807) is 0 Å². The van der Waals surface area contributed by atoms with Crippen LogP contribution in [0.2, 0.25) is 5.02 Å². The van der Waals surface area contributed by atoms with Crippen molar-refractivity contribution in [1.82, 2.24) is 5.73 Å². The fraction of sp³-hybridized carbons (Fsp3) is 0.571. The smallest absolute Gasteiger partial charge is 0.0443 e. The molecule has 0 bridgehead atoms. The molecule has 0 spiro atoms. The molecule has 1 aromatic rings. The van der Waals surface area contributed by atoms with Crippen LogP contribution in [0.1, 0.15) is 49.7 Å². The second kappa shape index (κ2) is 5.20. The largest absolute Gasteiger partial charge is 0.141 e. The first-order valence-electron chi connectivity index (χ1n) is 6.17. The SMILES string of the molecule is CCc1ccc(C2CCC([N])CC2)c(Cl)c1. The van der Waals surface area contributed by atoms with E-state index in [1.807, 2.05) is 0 Å². The number of rotatable bonds is 2. The molecule has 0 saturated heterocycles. The van der Waals surface area contributed by atoms with Crippen molar-refractivity contribution in [2.45, 2.75) is 51.0 Å². The molecule has 2 heteroatoms. The van der Waals surface area contributed by atoms with Gasteiger partial charge in [0.2, 0.25) is 0 Å². The first kappa shape index (κ1) is 11.9. The second-order valence-electron chi connectivity index (χ2n) is 4.71. The zero-order valence-corrected chi connectivity index (χ0v) is 10.5. The molecule has 2 rings (SSSR count). The van der Waals surface area contributed by atoms with Crippen molar-refractivity contribution in [2.75, 3.05) is 0 Å². The Bertz CT molecular complexity index is 354. The van der Waals surface area contributed by atoms with Crippen molar-refractivity contribution in [3.8, 4) is 0 Å². The van der Waals surface area contributed by atoms with Crippen molar-refractivity contribution in [3.05, 3.63) is 34.3 Å². The number of nitrogens with zero attached hydrogens (tertiary/aromatic N) is 1. The molecule has 0 aliphatic heterocycles. The van der Waals surface area contributed by atoms with Gasteiger partial charge in [0.1, 0.15) is 0 Å². The van der Waals surface area contributed by atoms with Crippen molar-refractivity contribution in [3.63, 3.8) is 0 Å². The van der Waals surface area contributed by atoms with Crippen LogP contribution in [-0.4, -0.2) is 6.04 Å². The third kappa shape index (κ3) is 2.58. The monoisotopic (exact) mass is 235 g/mol. The number of benzene rings is 1. The van der Waals surface area contributed by atoms with E-state index in [0.29, 0.717) is 5.92 Å². The van der Waals surface area contributed by atoms with E-state index >= 15 is 0 Å². The van der Waals surface area contributed by atoms with Crippen LogP contribution in [0, 0.1) is 0 Å². The molecule has 86 valence electrons. The van der Waals surface area contributed by atoms with Gasteiger partial charge >= 0.3 is 0 Å². The molecule has 0 amide bonds. The lowest BCUT2D eigenvalue weighted by Crippen LogP contribution is -2.18. The van der Waals surface area contributed by atoms with Gasteiger partial charge in [0, 0.05) is 11.1 Å². The number of hydrogen-bond acceptors (Lipinski definition) is 0. The highest BCUT2D eigenvalue weighted by molar-refractivity contribution is 6.31. The lowest BCUT2D eigenvalue weighted by Gasteiger charge is -2.26. The molecule has 1 aliphatic carbocycles. The molecule has 0 heterocycles. The highest BCUT2D eigenvalue weighted by Gasteiger charge is 2.22. The molecule has 1 aliphatic rings. The van der Waals surface area contributed by atoms with Crippen LogP contribution in [0.5, 0.6) is 0 Å². The normalized spacial score (nSPS) is 25.7. The van der Waals surface area contributed by atoms with E-state index < -0.39 is 0 Å². The van der Waals surface area contributed by atoms with Gasteiger partial charge in [-0.1, -0.05) is 30.7 Å². The Labute approximate surface area is 103 Å². The molecule has 1 fully saturated rings. The van der Waals surface area contributed by atoms with E-state index in [-0.39, 0.29) is 6.04 Å². The first-order chi connectivity index (χ1) is 7.70. The Balaban J connectivity index is 2.14. The Kier molecular flexibility index (Phi) is 3.88. The number of halogens is 1. The van der Waals surface area contributed by atoms with Gasteiger partial charge in [0.05, 0.1) is 0 Å².